The summed E-state index contributed by atoms with van der Waals surface area (Å²) in [7, 11) is 1.64. The van der Waals surface area contributed by atoms with Crippen LogP contribution < -0.4 is 15.0 Å². The number of carbonyl (C=O) groups excluding carboxylic acids is 1. The van der Waals surface area contributed by atoms with Crippen LogP contribution in [0, 0.1) is 6.92 Å². The third-order valence-corrected chi connectivity index (χ3v) is 5.85. The van der Waals surface area contributed by atoms with E-state index in [-0.39, 0.29) is 6.03 Å². The molecule has 2 heterocycles. The lowest BCUT2D eigenvalue weighted by Crippen LogP contribution is -2.50. The van der Waals surface area contributed by atoms with E-state index in [0.29, 0.717) is 31.2 Å². The fourth-order valence-corrected chi connectivity index (χ4v) is 3.66. The summed E-state index contributed by atoms with van der Waals surface area (Å²) >= 11 is 6.14. The van der Waals surface area contributed by atoms with Gasteiger partial charge in [0.05, 0.1) is 12.8 Å². The lowest BCUT2D eigenvalue weighted by Gasteiger charge is -2.35. The summed E-state index contributed by atoms with van der Waals surface area (Å²) in [5.74, 6) is 1.61. The molecule has 1 saturated heterocycles. The highest BCUT2D eigenvalue weighted by Gasteiger charge is 2.22. The van der Waals surface area contributed by atoms with E-state index in [1.54, 1.807) is 12.0 Å². The average Bonchev–Trinajstić information content (AvgIpc) is 2.82. The summed E-state index contributed by atoms with van der Waals surface area (Å²) in [5.41, 5.74) is 3.39. The summed E-state index contributed by atoms with van der Waals surface area (Å²) in [4.78, 5) is 16.6. The topological polar surface area (TPSA) is 70.6 Å². The van der Waals surface area contributed by atoms with Gasteiger partial charge in [-0.25, -0.2) is 4.79 Å². The van der Waals surface area contributed by atoms with E-state index < -0.39 is 0 Å². The highest BCUT2D eigenvalue weighted by Crippen LogP contribution is 2.24. The van der Waals surface area contributed by atoms with E-state index in [9.17, 15) is 4.79 Å². The second-order valence-corrected chi connectivity index (χ2v) is 7.73. The Morgan fingerprint density at radius 2 is 1.74 bits per heavy atom. The van der Waals surface area contributed by atoms with E-state index in [2.05, 4.69) is 20.4 Å². The van der Waals surface area contributed by atoms with Crippen molar-refractivity contribution in [2.45, 2.75) is 6.92 Å². The van der Waals surface area contributed by atoms with Crippen molar-refractivity contribution in [2.75, 3.05) is 43.5 Å². The number of aromatic nitrogens is 2. The summed E-state index contributed by atoms with van der Waals surface area (Å²) in [5, 5.41) is 12.4. The Kier molecular flexibility index (Phi) is 6.23. The SMILES string of the molecule is COc1ccc(-c2ccc(N3CCN(C(=O)Nc4cccc(Cl)c4C)CC3)nn2)cc1. The van der Waals surface area contributed by atoms with Gasteiger partial charge in [-0.2, -0.15) is 0 Å². The standard InChI is InChI=1S/C23H24ClN5O2/c1-16-19(24)4-3-5-20(16)25-23(30)29-14-12-28(13-15-29)22-11-10-21(26-27-22)17-6-8-18(31-2)9-7-17/h3-11H,12-15H2,1-2H3,(H,25,30). The van der Waals surface area contributed by atoms with Gasteiger partial charge in [0.15, 0.2) is 5.82 Å². The molecule has 31 heavy (non-hydrogen) atoms. The molecular weight excluding hydrogens is 414 g/mol. The minimum atomic E-state index is -0.119. The Morgan fingerprint density at radius 1 is 1.00 bits per heavy atom. The van der Waals surface area contributed by atoms with Gasteiger partial charge in [0.1, 0.15) is 5.75 Å². The quantitative estimate of drug-likeness (QED) is 0.652. The zero-order chi connectivity index (χ0) is 21.8. The number of hydrogen-bond donors (Lipinski definition) is 1. The first-order valence-electron chi connectivity index (χ1n) is 10.1. The minimum absolute atomic E-state index is 0.119. The Labute approximate surface area is 186 Å². The van der Waals surface area contributed by atoms with E-state index in [1.807, 2.05) is 61.5 Å². The van der Waals surface area contributed by atoms with Gasteiger partial charge in [-0.1, -0.05) is 17.7 Å². The van der Waals surface area contributed by atoms with Crippen LogP contribution >= 0.6 is 11.6 Å². The molecular formula is C23H24ClN5O2. The molecule has 2 amide bonds. The number of amides is 2. The molecule has 1 aliphatic rings. The Hall–Kier alpha value is -3.32. The van der Waals surface area contributed by atoms with Crippen LogP contribution in [-0.2, 0) is 0 Å². The molecule has 0 aliphatic carbocycles. The summed E-state index contributed by atoms with van der Waals surface area (Å²) in [6.07, 6.45) is 0. The van der Waals surface area contributed by atoms with Crippen LogP contribution in [0.15, 0.2) is 54.6 Å². The molecule has 4 rings (SSSR count). The third kappa shape index (κ3) is 4.72. The van der Waals surface area contributed by atoms with Crippen LogP contribution in [0.2, 0.25) is 5.02 Å². The number of halogens is 1. The van der Waals surface area contributed by atoms with Gasteiger partial charge in [0, 0.05) is 42.5 Å². The van der Waals surface area contributed by atoms with Gasteiger partial charge in [0.25, 0.3) is 0 Å². The molecule has 0 spiro atoms. The number of rotatable bonds is 4. The third-order valence-electron chi connectivity index (χ3n) is 5.44. The van der Waals surface area contributed by atoms with Crippen LogP contribution in [-0.4, -0.2) is 54.4 Å². The van der Waals surface area contributed by atoms with Gasteiger partial charge >= 0.3 is 6.03 Å². The number of ether oxygens (including phenoxy) is 1. The van der Waals surface area contributed by atoms with Gasteiger partial charge in [0.2, 0.25) is 0 Å². The number of urea groups is 1. The smallest absolute Gasteiger partial charge is 0.321 e. The second kappa shape index (κ2) is 9.22. The number of piperazine rings is 1. The molecule has 0 saturated carbocycles. The van der Waals surface area contributed by atoms with Crippen molar-refractivity contribution >= 4 is 29.1 Å². The van der Waals surface area contributed by atoms with E-state index in [0.717, 1.165) is 34.1 Å². The number of nitrogens with one attached hydrogen (secondary N) is 1. The molecule has 160 valence electrons. The lowest BCUT2D eigenvalue weighted by molar-refractivity contribution is 0.208. The van der Waals surface area contributed by atoms with Crippen LogP contribution in [0.4, 0.5) is 16.3 Å². The van der Waals surface area contributed by atoms with Crippen molar-refractivity contribution in [1.29, 1.82) is 0 Å². The molecule has 0 bridgehead atoms. The van der Waals surface area contributed by atoms with Crippen molar-refractivity contribution in [3.05, 3.63) is 65.2 Å². The number of benzene rings is 2. The number of anilines is 2. The van der Waals surface area contributed by atoms with Gasteiger partial charge in [-0.05, 0) is 61.0 Å². The van der Waals surface area contributed by atoms with Crippen molar-refractivity contribution in [1.82, 2.24) is 15.1 Å². The highest BCUT2D eigenvalue weighted by molar-refractivity contribution is 6.31. The molecule has 7 nitrogen and oxygen atoms in total. The van der Waals surface area contributed by atoms with Crippen molar-refractivity contribution < 1.29 is 9.53 Å². The van der Waals surface area contributed by atoms with Gasteiger partial charge in [-0.15, -0.1) is 10.2 Å². The summed E-state index contributed by atoms with van der Waals surface area (Å²) in [6.45, 7) is 4.49. The molecule has 1 aliphatic heterocycles. The zero-order valence-corrected chi connectivity index (χ0v) is 18.3. The monoisotopic (exact) mass is 437 g/mol. The fourth-order valence-electron chi connectivity index (χ4n) is 3.49. The Morgan fingerprint density at radius 3 is 2.39 bits per heavy atom. The number of nitrogens with zero attached hydrogens (tertiary/aromatic N) is 4. The predicted octanol–water partition coefficient (Wildman–Crippen LogP) is 4.47. The number of carbonyl (C=O) groups is 1. The van der Waals surface area contributed by atoms with Crippen molar-refractivity contribution in [3.63, 3.8) is 0 Å². The number of methoxy groups -OCH3 is 1. The molecule has 1 fully saturated rings. The molecule has 3 aromatic rings. The maximum absolute atomic E-state index is 12.6. The average molecular weight is 438 g/mol. The lowest BCUT2D eigenvalue weighted by atomic mass is 10.1. The molecule has 0 radical (unpaired) electrons. The molecule has 1 aromatic heterocycles. The molecule has 8 heteroatoms. The second-order valence-electron chi connectivity index (χ2n) is 7.32. The normalized spacial score (nSPS) is 13.8. The first-order chi connectivity index (χ1) is 15.0. The predicted molar refractivity (Wildman–Crippen MR) is 123 cm³/mol. The molecule has 2 aromatic carbocycles. The molecule has 0 atom stereocenters. The van der Waals surface area contributed by atoms with Crippen LogP contribution in [0.25, 0.3) is 11.3 Å². The van der Waals surface area contributed by atoms with E-state index in [1.165, 1.54) is 0 Å². The Bertz CT molecular complexity index is 1050. The first kappa shape index (κ1) is 20.9. The zero-order valence-electron chi connectivity index (χ0n) is 17.5. The fraction of sp³-hybridized carbons (Fsp3) is 0.261. The van der Waals surface area contributed by atoms with Crippen molar-refractivity contribution in [3.8, 4) is 17.0 Å². The Balaban J connectivity index is 1.35. The molecule has 1 N–H and O–H groups in total. The van der Waals surface area contributed by atoms with Crippen LogP contribution in [0.1, 0.15) is 5.56 Å². The van der Waals surface area contributed by atoms with Crippen LogP contribution in [0.3, 0.4) is 0 Å². The highest BCUT2D eigenvalue weighted by atomic mass is 35.5. The number of hydrogen-bond acceptors (Lipinski definition) is 5. The van der Waals surface area contributed by atoms with Crippen molar-refractivity contribution in [2.24, 2.45) is 0 Å². The summed E-state index contributed by atoms with van der Waals surface area (Å²) in [6, 6.07) is 17.0. The molecule has 0 unspecified atom stereocenters. The first-order valence-corrected chi connectivity index (χ1v) is 10.5. The largest absolute Gasteiger partial charge is 0.497 e. The van der Waals surface area contributed by atoms with E-state index in [4.69, 9.17) is 16.3 Å². The van der Waals surface area contributed by atoms with Gasteiger partial charge < -0.3 is 19.9 Å². The minimum Gasteiger partial charge on any atom is -0.497 e. The van der Waals surface area contributed by atoms with Crippen LogP contribution in [0.5, 0.6) is 5.75 Å². The maximum Gasteiger partial charge on any atom is 0.321 e. The maximum atomic E-state index is 12.6. The van der Waals surface area contributed by atoms with E-state index >= 15 is 0 Å². The summed E-state index contributed by atoms with van der Waals surface area (Å²) < 4.78 is 5.19. The van der Waals surface area contributed by atoms with Gasteiger partial charge in [-0.3, -0.25) is 0 Å².